The van der Waals surface area contributed by atoms with Crippen LogP contribution in [0.3, 0.4) is 0 Å². The molecule has 0 aliphatic heterocycles. The first kappa shape index (κ1) is 30.7. The van der Waals surface area contributed by atoms with Gasteiger partial charge in [0.05, 0.1) is 13.2 Å². The van der Waals surface area contributed by atoms with Gasteiger partial charge in [0.1, 0.15) is 11.3 Å². The van der Waals surface area contributed by atoms with Crippen molar-refractivity contribution in [3.8, 4) is 5.75 Å². The fourth-order valence-corrected chi connectivity index (χ4v) is 3.90. The largest absolute Gasteiger partial charge is 0.508 e. The molecule has 0 radical (unpaired) electrons. The quantitative estimate of drug-likeness (QED) is 0.0621. The first-order chi connectivity index (χ1) is 17.1. The van der Waals surface area contributed by atoms with E-state index in [1.54, 1.807) is 12.1 Å². The van der Waals surface area contributed by atoms with Crippen LogP contribution in [0.1, 0.15) is 122 Å². The number of rotatable bonds is 21. The van der Waals surface area contributed by atoms with E-state index in [-0.39, 0.29) is 11.3 Å². The molecule has 0 amide bonds. The van der Waals surface area contributed by atoms with Crippen LogP contribution in [0.15, 0.2) is 29.8 Å². The van der Waals surface area contributed by atoms with Crippen LogP contribution < -0.4 is 0 Å². The average Bonchev–Trinajstić information content (AvgIpc) is 2.86. The monoisotopic (exact) mass is 488 g/mol. The second-order valence-corrected chi connectivity index (χ2v) is 9.37. The van der Waals surface area contributed by atoms with Crippen molar-refractivity contribution in [2.75, 3.05) is 13.2 Å². The average molecular weight is 489 g/mol. The Bertz CT molecular complexity index is 672. The molecule has 5 heteroatoms. The lowest BCUT2D eigenvalue weighted by Gasteiger charge is -2.10. The highest BCUT2D eigenvalue weighted by Crippen LogP contribution is 2.16. The normalized spacial score (nSPS) is 10.7. The first-order valence-corrected chi connectivity index (χ1v) is 13.9. The first-order valence-electron chi connectivity index (χ1n) is 13.9. The second kappa shape index (κ2) is 21.0. The molecule has 0 aliphatic carbocycles. The highest BCUT2D eigenvalue weighted by atomic mass is 16.6. The van der Waals surface area contributed by atoms with Crippen LogP contribution in [-0.2, 0) is 19.1 Å². The van der Waals surface area contributed by atoms with Gasteiger partial charge in [-0.15, -0.1) is 0 Å². The summed E-state index contributed by atoms with van der Waals surface area (Å²) in [5.74, 6) is -1.18. The molecule has 0 unspecified atom stereocenters. The zero-order chi connectivity index (χ0) is 25.6. The van der Waals surface area contributed by atoms with Gasteiger partial charge in [-0.25, -0.2) is 9.59 Å². The lowest BCUT2D eigenvalue weighted by molar-refractivity contribution is -0.147. The summed E-state index contributed by atoms with van der Waals surface area (Å²) in [6, 6.07) is 6.32. The van der Waals surface area contributed by atoms with E-state index in [9.17, 15) is 14.7 Å². The number of phenols is 1. The Morgan fingerprint density at radius 2 is 1.00 bits per heavy atom. The molecule has 1 N–H and O–H groups in total. The number of hydrogen-bond donors (Lipinski definition) is 1. The Morgan fingerprint density at radius 3 is 1.40 bits per heavy atom. The van der Waals surface area contributed by atoms with Gasteiger partial charge in [0.2, 0.25) is 0 Å². The number of benzene rings is 1. The van der Waals surface area contributed by atoms with Crippen molar-refractivity contribution in [1.82, 2.24) is 0 Å². The summed E-state index contributed by atoms with van der Waals surface area (Å²) in [6.45, 7) is 5.02. The summed E-state index contributed by atoms with van der Waals surface area (Å²) in [4.78, 5) is 25.4. The van der Waals surface area contributed by atoms with Crippen molar-refractivity contribution in [3.05, 3.63) is 35.4 Å². The number of esters is 2. The number of aromatic hydroxyl groups is 1. The highest BCUT2D eigenvalue weighted by Gasteiger charge is 2.21. The Labute approximate surface area is 213 Å². The predicted octanol–water partition coefficient (Wildman–Crippen LogP) is 8.14. The van der Waals surface area contributed by atoms with E-state index in [0.29, 0.717) is 18.8 Å². The summed E-state index contributed by atoms with van der Waals surface area (Å²) in [5.41, 5.74) is 0.528. The number of carbonyl (C=O) groups is 2. The smallest absolute Gasteiger partial charge is 0.345 e. The van der Waals surface area contributed by atoms with Gasteiger partial charge in [0, 0.05) is 0 Å². The summed E-state index contributed by atoms with van der Waals surface area (Å²) < 4.78 is 10.8. The molecule has 1 aromatic rings. The number of ether oxygens (including phenoxy) is 2. The molecule has 1 rings (SSSR count). The van der Waals surface area contributed by atoms with Gasteiger partial charge in [-0.05, 0) is 36.6 Å². The van der Waals surface area contributed by atoms with Crippen LogP contribution in [-0.4, -0.2) is 30.3 Å². The van der Waals surface area contributed by atoms with Crippen molar-refractivity contribution in [2.24, 2.45) is 0 Å². The maximum absolute atomic E-state index is 12.7. The minimum absolute atomic E-state index is 0.102. The van der Waals surface area contributed by atoms with E-state index in [1.165, 1.54) is 82.4 Å². The Kier molecular flexibility index (Phi) is 18.5. The molecule has 0 spiro atoms. The standard InChI is InChI=1S/C30H48O5/c1-3-5-7-9-11-13-15-17-23-34-29(32)28(25-26-19-21-27(31)22-20-26)30(33)35-24-18-16-14-12-10-8-6-4-2/h19-22,25,31H,3-18,23-24H2,1-2H3. The SMILES string of the molecule is CCCCCCCCCCOC(=O)C(=Cc1ccc(O)cc1)C(=O)OCCCCCCCCCC. The third-order valence-corrected chi connectivity index (χ3v) is 6.11. The zero-order valence-corrected chi connectivity index (χ0v) is 22.2. The minimum atomic E-state index is -0.651. The molecule has 35 heavy (non-hydrogen) atoms. The topological polar surface area (TPSA) is 72.8 Å². The van der Waals surface area contributed by atoms with Crippen LogP contribution in [0.25, 0.3) is 6.08 Å². The zero-order valence-electron chi connectivity index (χ0n) is 22.2. The van der Waals surface area contributed by atoms with E-state index >= 15 is 0 Å². The minimum Gasteiger partial charge on any atom is -0.508 e. The van der Waals surface area contributed by atoms with Gasteiger partial charge < -0.3 is 14.6 Å². The van der Waals surface area contributed by atoms with Crippen LogP contribution in [0.2, 0.25) is 0 Å². The van der Waals surface area contributed by atoms with Crippen LogP contribution >= 0.6 is 0 Å². The Balaban J connectivity index is 2.45. The summed E-state index contributed by atoms with van der Waals surface area (Å²) in [5, 5.41) is 9.50. The maximum atomic E-state index is 12.7. The second-order valence-electron chi connectivity index (χ2n) is 9.37. The molecule has 5 nitrogen and oxygen atoms in total. The molecule has 0 atom stereocenters. The molecule has 0 aliphatic rings. The van der Waals surface area contributed by atoms with Crippen LogP contribution in [0.5, 0.6) is 5.75 Å². The van der Waals surface area contributed by atoms with E-state index in [0.717, 1.165) is 38.5 Å². The van der Waals surface area contributed by atoms with Crippen molar-refractivity contribution in [1.29, 1.82) is 0 Å². The fraction of sp³-hybridized carbons (Fsp3) is 0.667. The molecular weight excluding hydrogens is 440 g/mol. The number of phenolic OH excluding ortho intramolecular Hbond substituents is 1. The number of hydrogen-bond acceptors (Lipinski definition) is 5. The van der Waals surface area contributed by atoms with E-state index in [1.807, 2.05) is 0 Å². The molecule has 198 valence electrons. The third-order valence-electron chi connectivity index (χ3n) is 6.11. The number of unbranched alkanes of at least 4 members (excludes halogenated alkanes) is 14. The summed E-state index contributed by atoms with van der Waals surface area (Å²) in [7, 11) is 0. The van der Waals surface area contributed by atoms with E-state index in [2.05, 4.69) is 13.8 Å². The van der Waals surface area contributed by atoms with Gasteiger partial charge in [-0.2, -0.15) is 0 Å². The van der Waals surface area contributed by atoms with E-state index in [4.69, 9.17) is 9.47 Å². The van der Waals surface area contributed by atoms with Crippen molar-refractivity contribution in [3.63, 3.8) is 0 Å². The molecule has 1 aromatic carbocycles. The van der Waals surface area contributed by atoms with Crippen LogP contribution in [0.4, 0.5) is 0 Å². The molecule has 0 saturated carbocycles. The van der Waals surface area contributed by atoms with Gasteiger partial charge in [0.15, 0.2) is 0 Å². The molecular formula is C30H48O5. The highest BCUT2D eigenvalue weighted by molar-refractivity contribution is 6.17. The van der Waals surface area contributed by atoms with Crippen molar-refractivity contribution in [2.45, 2.75) is 117 Å². The van der Waals surface area contributed by atoms with Crippen LogP contribution in [0, 0.1) is 0 Å². The molecule has 0 aromatic heterocycles. The molecule has 0 saturated heterocycles. The van der Waals surface area contributed by atoms with Crippen molar-refractivity contribution < 1.29 is 24.2 Å². The Morgan fingerprint density at radius 1 is 0.629 bits per heavy atom. The van der Waals surface area contributed by atoms with Gasteiger partial charge in [-0.1, -0.05) is 116 Å². The summed E-state index contributed by atoms with van der Waals surface area (Å²) >= 11 is 0. The molecule has 0 bridgehead atoms. The lowest BCUT2D eigenvalue weighted by Crippen LogP contribution is -2.19. The lowest BCUT2D eigenvalue weighted by atomic mass is 10.1. The third kappa shape index (κ3) is 16.1. The maximum Gasteiger partial charge on any atom is 0.345 e. The summed E-state index contributed by atoms with van der Waals surface area (Å²) in [6.07, 6.45) is 20.0. The van der Waals surface area contributed by atoms with Gasteiger partial charge in [0.25, 0.3) is 0 Å². The van der Waals surface area contributed by atoms with Crippen molar-refractivity contribution >= 4 is 18.0 Å². The predicted molar refractivity (Wildman–Crippen MR) is 143 cm³/mol. The van der Waals surface area contributed by atoms with Gasteiger partial charge in [-0.3, -0.25) is 0 Å². The van der Waals surface area contributed by atoms with E-state index < -0.39 is 11.9 Å². The van der Waals surface area contributed by atoms with Gasteiger partial charge >= 0.3 is 11.9 Å². The molecule has 0 heterocycles. The fourth-order valence-electron chi connectivity index (χ4n) is 3.90. The Hall–Kier alpha value is -2.30. The molecule has 0 fully saturated rings. The number of carbonyl (C=O) groups excluding carboxylic acids is 2.